The Kier molecular flexibility index (Phi) is 5.57. The summed E-state index contributed by atoms with van der Waals surface area (Å²) in [4.78, 5) is 28.3. The topological polar surface area (TPSA) is 96.0 Å². The molecule has 0 bridgehead atoms. The number of hydrogen-bond acceptors (Lipinski definition) is 5. The number of anilines is 2. The molecule has 2 aromatic rings. The monoisotopic (exact) mass is 447 g/mol. The highest BCUT2D eigenvalue weighted by molar-refractivity contribution is 7.91. The maximum Gasteiger partial charge on any atom is 0.325 e. The van der Waals surface area contributed by atoms with Crippen LogP contribution in [-0.2, 0) is 14.6 Å². The quantitative estimate of drug-likeness (QED) is 0.686. The minimum Gasteiger partial charge on any atom is -0.494 e. The molecule has 31 heavy (non-hydrogen) atoms. The minimum atomic E-state index is -3.37. The van der Waals surface area contributed by atoms with Gasteiger partial charge in [0.05, 0.1) is 30.2 Å². The fraction of sp³-hybridized carbons (Fsp3) is 0.333. The van der Waals surface area contributed by atoms with Crippen LogP contribution in [-0.4, -0.2) is 62.0 Å². The van der Waals surface area contributed by atoms with Crippen LogP contribution in [0.5, 0.6) is 5.75 Å². The number of halogens is 1. The molecule has 4 rings (SSSR count). The number of ether oxygens (including phenoxy) is 1. The average Bonchev–Trinajstić information content (AvgIpc) is 3.15. The molecule has 2 aliphatic rings. The predicted molar refractivity (Wildman–Crippen MR) is 113 cm³/mol. The molecule has 0 radical (unpaired) electrons. The SMILES string of the molecule is CCOc1ccc(NC(=O)CN2C(=O)N(c3ccc(F)cc3)C3CS(=O)(=O)CC32)cc1. The van der Waals surface area contributed by atoms with E-state index < -0.39 is 39.7 Å². The predicted octanol–water partition coefficient (Wildman–Crippen LogP) is 2.27. The Morgan fingerprint density at radius 3 is 2.39 bits per heavy atom. The number of carbonyl (C=O) groups is 2. The second kappa shape index (κ2) is 8.18. The standard InChI is InChI=1S/C21H22FN3O5S/c1-2-30-17-9-5-15(6-10-17)23-20(26)11-24-18-12-31(28,29)13-19(18)25(21(24)27)16-7-3-14(22)4-8-16/h3-10,18-19H,2,11-13H2,1H3,(H,23,26). The van der Waals surface area contributed by atoms with Crippen molar-refractivity contribution in [3.05, 3.63) is 54.3 Å². The van der Waals surface area contributed by atoms with Crippen molar-refractivity contribution < 1.29 is 27.1 Å². The van der Waals surface area contributed by atoms with Crippen molar-refractivity contribution in [2.75, 3.05) is 34.9 Å². The van der Waals surface area contributed by atoms with E-state index in [0.29, 0.717) is 23.7 Å². The van der Waals surface area contributed by atoms with Crippen LogP contribution >= 0.6 is 0 Å². The van der Waals surface area contributed by atoms with Gasteiger partial charge in [0.15, 0.2) is 9.84 Å². The van der Waals surface area contributed by atoms with Crippen LogP contribution in [0.1, 0.15) is 6.92 Å². The van der Waals surface area contributed by atoms with Gasteiger partial charge >= 0.3 is 6.03 Å². The average molecular weight is 447 g/mol. The Hall–Kier alpha value is -3.14. The van der Waals surface area contributed by atoms with Crippen molar-refractivity contribution in [2.45, 2.75) is 19.0 Å². The molecule has 2 heterocycles. The Labute approximate surface area is 179 Å². The number of sulfone groups is 1. The van der Waals surface area contributed by atoms with Crippen LogP contribution in [0.15, 0.2) is 48.5 Å². The summed E-state index contributed by atoms with van der Waals surface area (Å²) in [6.07, 6.45) is 0. The Morgan fingerprint density at radius 1 is 1.10 bits per heavy atom. The Morgan fingerprint density at radius 2 is 1.74 bits per heavy atom. The van der Waals surface area contributed by atoms with E-state index in [1.807, 2.05) is 6.92 Å². The van der Waals surface area contributed by atoms with Crippen molar-refractivity contribution in [2.24, 2.45) is 0 Å². The smallest absolute Gasteiger partial charge is 0.325 e. The molecule has 2 fully saturated rings. The molecular weight excluding hydrogens is 425 g/mol. The number of urea groups is 1. The molecule has 0 aliphatic carbocycles. The molecule has 3 amide bonds. The number of nitrogens with one attached hydrogen (secondary N) is 1. The normalized spacial score (nSPS) is 21.8. The molecule has 2 aromatic carbocycles. The third-order valence-corrected chi connectivity index (χ3v) is 7.04. The van der Waals surface area contributed by atoms with E-state index in [1.165, 1.54) is 34.1 Å². The number of carbonyl (C=O) groups excluding carboxylic acids is 2. The van der Waals surface area contributed by atoms with Gasteiger partial charge < -0.3 is 15.0 Å². The molecule has 2 atom stereocenters. The zero-order valence-electron chi connectivity index (χ0n) is 16.8. The lowest BCUT2D eigenvalue weighted by atomic mass is 10.1. The van der Waals surface area contributed by atoms with Gasteiger partial charge in [-0.1, -0.05) is 0 Å². The van der Waals surface area contributed by atoms with Crippen molar-refractivity contribution in [1.82, 2.24) is 4.90 Å². The second-order valence-electron chi connectivity index (χ2n) is 7.47. The van der Waals surface area contributed by atoms with E-state index in [-0.39, 0.29) is 18.1 Å². The largest absolute Gasteiger partial charge is 0.494 e. The summed E-state index contributed by atoms with van der Waals surface area (Å²) in [5.41, 5.74) is 0.930. The van der Waals surface area contributed by atoms with Gasteiger partial charge in [-0.15, -0.1) is 0 Å². The number of rotatable bonds is 6. The van der Waals surface area contributed by atoms with Gasteiger partial charge in [-0.25, -0.2) is 17.6 Å². The molecule has 2 aliphatic heterocycles. The molecule has 0 aromatic heterocycles. The van der Waals surface area contributed by atoms with Crippen molar-refractivity contribution in [1.29, 1.82) is 0 Å². The first kappa shape index (κ1) is 21.1. The Bertz CT molecular complexity index is 1090. The third kappa shape index (κ3) is 4.34. The summed E-state index contributed by atoms with van der Waals surface area (Å²) in [5.74, 6) is -0.641. The van der Waals surface area contributed by atoms with Gasteiger partial charge in [0.2, 0.25) is 5.91 Å². The van der Waals surface area contributed by atoms with E-state index in [0.717, 1.165) is 0 Å². The fourth-order valence-corrected chi connectivity index (χ4v) is 5.97. The summed E-state index contributed by atoms with van der Waals surface area (Å²) in [6, 6.07) is 10.3. The first-order valence-corrected chi connectivity index (χ1v) is 11.7. The number of amides is 3. The maximum absolute atomic E-state index is 13.3. The number of nitrogens with zero attached hydrogens (tertiary/aromatic N) is 2. The number of benzene rings is 2. The molecule has 0 saturated carbocycles. The lowest BCUT2D eigenvalue weighted by Crippen LogP contribution is -2.42. The van der Waals surface area contributed by atoms with Gasteiger partial charge in [-0.2, -0.15) is 0 Å². The van der Waals surface area contributed by atoms with Crippen LogP contribution in [0.4, 0.5) is 20.6 Å². The van der Waals surface area contributed by atoms with E-state index in [1.54, 1.807) is 24.3 Å². The van der Waals surface area contributed by atoms with Gasteiger partial charge in [0.1, 0.15) is 18.1 Å². The summed E-state index contributed by atoms with van der Waals surface area (Å²) in [7, 11) is -3.37. The molecule has 1 N–H and O–H groups in total. The van der Waals surface area contributed by atoms with Crippen molar-refractivity contribution in [3.8, 4) is 5.75 Å². The molecule has 2 saturated heterocycles. The van der Waals surface area contributed by atoms with Crippen LogP contribution in [0, 0.1) is 5.82 Å². The van der Waals surface area contributed by atoms with Crippen LogP contribution in [0.2, 0.25) is 0 Å². The third-order valence-electron chi connectivity index (χ3n) is 5.35. The summed E-state index contributed by atoms with van der Waals surface area (Å²) in [6.45, 7) is 2.10. The zero-order valence-corrected chi connectivity index (χ0v) is 17.6. The molecule has 0 spiro atoms. The van der Waals surface area contributed by atoms with Crippen molar-refractivity contribution >= 4 is 33.2 Å². The molecule has 8 nitrogen and oxygen atoms in total. The first-order valence-electron chi connectivity index (χ1n) is 9.86. The lowest BCUT2D eigenvalue weighted by molar-refractivity contribution is -0.116. The Balaban J connectivity index is 1.52. The lowest BCUT2D eigenvalue weighted by Gasteiger charge is -2.22. The summed E-state index contributed by atoms with van der Waals surface area (Å²) in [5, 5.41) is 2.72. The van der Waals surface area contributed by atoms with Gasteiger partial charge in [-0.3, -0.25) is 9.69 Å². The highest BCUT2D eigenvalue weighted by Gasteiger charge is 2.54. The van der Waals surface area contributed by atoms with Gasteiger partial charge in [0.25, 0.3) is 0 Å². The van der Waals surface area contributed by atoms with E-state index in [4.69, 9.17) is 4.74 Å². The first-order chi connectivity index (χ1) is 14.8. The number of fused-ring (bicyclic) bond motifs is 1. The summed E-state index contributed by atoms with van der Waals surface area (Å²) < 4.78 is 43.2. The fourth-order valence-electron chi connectivity index (χ4n) is 4.02. The second-order valence-corrected chi connectivity index (χ2v) is 9.63. The van der Waals surface area contributed by atoms with Crippen molar-refractivity contribution in [3.63, 3.8) is 0 Å². The van der Waals surface area contributed by atoms with Crippen LogP contribution in [0.3, 0.4) is 0 Å². The molecule has 10 heteroatoms. The van der Waals surface area contributed by atoms with Crippen LogP contribution < -0.4 is 15.0 Å². The van der Waals surface area contributed by atoms with Gasteiger partial charge in [0, 0.05) is 11.4 Å². The highest BCUT2D eigenvalue weighted by Crippen LogP contribution is 2.35. The van der Waals surface area contributed by atoms with E-state index >= 15 is 0 Å². The molecular formula is C21H22FN3O5S. The van der Waals surface area contributed by atoms with Crippen LogP contribution in [0.25, 0.3) is 0 Å². The summed E-state index contributed by atoms with van der Waals surface area (Å²) >= 11 is 0. The maximum atomic E-state index is 13.3. The zero-order chi connectivity index (χ0) is 22.2. The highest BCUT2D eigenvalue weighted by atomic mass is 32.2. The number of hydrogen-bond donors (Lipinski definition) is 1. The molecule has 164 valence electrons. The molecule has 2 unspecified atom stereocenters. The van der Waals surface area contributed by atoms with E-state index in [9.17, 15) is 22.4 Å². The minimum absolute atomic E-state index is 0.197. The van der Waals surface area contributed by atoms with E-state index in [2.05, 4.69) is 5.32 Å². The van der Waals surface area contributed by atoms with Gasteiger partial charge in [-0.05, 0) is 55.5 Å².